The molecule has 0 atom stereocenters. The normalized spacial score (nSPS) is 17.9. The second kappa shape index (κ2) is 5.91. The first-order chi connectivity index (χ1) is 8.29. The molecule has 0 saturated heterocycles. The summed E-state index contributed by atoms with van der Waals surface area (Å²) in [6, 6.07) is 0. The Morgan fingerprint density at radius 1 is 1.35 bits per heavy atom. The van der Waals surface area contributed by atoms with Crippen molar-refractivity contribution in [3.63, 3.8) is 0 Å². The summed E-state index contributed by atoms with van der Waals surface area (Å²) >= 11 is 0. The average molecular weight is 236 g/mol. The van der Waals surface area contributed by atoms with E-state index in [4.69, 9.17) is 5.73 Å². The zero-order valence-corrected chi connectivity index (χ0v) is 10.1. The van der Waals surface area contributed by atoms with Gasteiger partial charge in [0.25, 0.3) is 0 Å². The quantitative estimate of drug-likeness (QED) is 0.799. The Morgan fingerprint density at radius 2 is 2.06 bits per heavy atom. The predicted molar refractivity (Wildman–Crippen MR) is 64.1 cm³/mol. The van der Waals surface area contributed by atoms with Crippen LogP contribution in [0.25, 0.3) is 0 Å². The van der Waals surface area contributed by atoms with Crippen molar-refractivity contribution in [3.8, 4) is 0 Å². The summed E-state index contributed by atoms with van der Waals surface area (Å²) in [5.41, 5.74) is 6.19. The number of ketones is 1. The highest BCUT2D eigenvalue weighted by Gasteiger charge is 2.20. The summed E-state index contributed by atoms with van der Waals surface area (Å²) < 4.78 is 1.61. The third-order valence-corrected chi connectivity index (χ3v) is 3.42. The minimum atomic E-state index is 0.225. The molecular formula is C12H20N4O. The van der Waals surface area contributed by atoms with Gasteiger partial charge in [0.15, 0.2) is 5.78 Å². The van der Waals surface area contributed by atoms with E-state index in [1.54, 1.807) is 10.9 Å². The van der Waals surface area contributed by atoms with Gasteiger partial charge >= 0.3 is 0 Å². The lowest BCUT2D eigenvalue weighted by molar-refractivity contribution is -0.124. The molecule has 1 heterocycles. The van der Waals surface area contributed by atoms with Gasteiger partial charge in [-0.2, -0.15) is 0 Å². The van der Waals surface area contributed by atoms with Crippen molar-refractivity contribution in [1.29, 1.82) is 0 Å². The molecule has 2 N–H and O–H groups in total. The molecule has 5 heteroatoms. The Morgan fingerprint density at radius 3 is 2.65 bits per heavy atom. The van der Waals surface area contributed by atoms with E-state index in [1.807, 2.05) is 0 Å². The molecule has 0 aliphatic heterocycles. The lowest BCUT2D eigenvalue weighted by Crippen LogP contribution is -2.20. The first-order valence-electron chi connectivity index (χ1n) is 6.41. The van der Waals surface area contributed by atoms with Crippen LogP contribution in [0.15, 0.2) is 6.20 Å². The van der Waals surface area contributed by atoms with E-state index in [0.717, 1.165) is 18.5 Å². The fraction of sp³-hybridized carbons (Fsp3) is 0.750. The van der Waals surface area contributed by atoms with Gasteiger partial charge in [0, 0.05) is 12.5 Å². The highest BCUT2D eigenvalue weighted by Crippen LogP contribution is 2.23. The molecule has 94 valence electrons. The minimum Gasteiger partial charge on any atom is -0.325 e. The summed E-state index contributed by atoms with van der Waals surface area (Å²) in [4.78, 5) is 12.1. The molecule has 1 aromatic heterocycles. The van der Waals surface area contributed by atoms with Crippen molar-refractivity contribution < 1.29 is 4.79 Å². The minimum absolute atomic E-state index is 0.225. The molecule has 1 aliphatic rings. The molecule has 1 saturated carbocycles. The van der Waals surface area contributed by atoms with Crippen LogP contribution in [0.4, 0.5) is 0 Å². The Bertz CT molecular complexity index is 366. The molecule has 17 heavy (non-hydrogen) atoms. The number of aromatic nitrogens is 3. The Hall–Kier alpha value is -1.23. The molecule has 1 fully saturated rings. The van der Waals surface area contributed by atoms with Crippen LogP contribution in [0.3, 0.4) is 0 Å². The van der Waals surface area contributed by atoms with E-state index in [-0.39, 0.29) is 5.92 Å². The van der Waals surface area contributed by atoms with Gasteiger partial charge < -0.3 is 5.73 Å². The molecule has 0 bridgehead atoms. The first kappa shape index (κ1) is 12.2. The number of nitrogens with zero attached hydrogens (tertiary/aromatic N) is 3. The van der Waals surface area contributed by atoms with Crippen LogP contribution in [-0.4, -0.2) is 20.8 Å². The van der Waals surface area contributed by atoms with Crippen molar-refractivity contribution in [2.24, 2.45) is 11.7 Å². The molecule has 1 aromatic rings. The van der Waals surface area contributed by atoms with Crippen molar-refractivity contribution in [3.05, 3.63) is 11.9 Å². The predicted octanol–water partition coefficient (Wildman–Crippen LogP) is 1.28. The van der Waals surface area contributed by atoms with E-state index >= 15 is 0 Å². The Kier molecular flexibility index (Phi) is 4.25. The van der Waals surface area contributed by atoms with E-state index in [0.29, 0.717) is 18.9 Å². The summed E-state index contributed by atoms with van der Waals surface area (Å²) in [5.74, 6) is 0.517. The highest BCUT2D eigenvalue weighted by molar-refractivity contribution is 5.80. The second-order valence-electron chi connectivity index (χ2n) is 4.77. The van der Waals surface area contributed by atoms with Crippen LogP contribution in [0.2, 0.25) is 0 Å². The summed E-state index contributed by atoms with van der Waals surface area (Å²) in [7, 11) is 0. The molecule has 0 aromatic carbocycles. The molecule has 0 radical (unpaired) electrons. The van der Waals surface area contributed by atoms with Gasteiger partial charge in [-0.1, -0.05) is 30.9 Å². The van der Waals surface area contributed by atoms with E-state index in [2.05, 4.69) is 10.3 Å². The lowest BCUT2D eigenvalue weighted by Gasteiger charge is -2.11. The molecule has 5 nitrogen and oxygen atoms in total. The van der Waals surface area contributed by atoms with E-state index in [1.165, 1.54) is 25.7 Å². The topological polar surface area (TPSA) is 73.8 Å². The Labute approximate surface area is 101 Å². The number of hydrogen-bond donors (Lipinski definition) is 1. The van der Waals surface area contributed by atoms with Crippen molar-refractivity contribution >= 4 is 5.78 Å². The average Bonchev–Trinajstić information content (AvgIpc) is 2.62. The number of hydrogen-bond acceptors (Lipinski definition) is 4. The lowest BCUT2D eigenvalue weighted by atomic mass is 9.95. The van der Waals surface area contributed by atoms with Crippen LogP contribution < -0.4 is 5.73 Å². The van der Waals surface area contributed by atoms with E-state index < -0.39 is 0 Å². The largest absolute Gasteiger partial charge is 0.325 e. The maximum atomic E-state index is 12.1. The molecule has 0 unspecified atom stereocenters. The fourth-order valence-electron chi connectivity index (χ4n) is 2.40. The highest BCUT2D eigenvalue weighted by atomic mass is 16.1. The van der Waals surface area contributed by atoms with Crippen LogP contribution in [0, 0.1) is 5.92 Å². The number of nitrogens with two attached hydrogens (primary N) is 1. The van der Waals surface area contributed by atoms with Crippen molar-refractivity contribution in [1.82, 2.24) is 15.0 Å². The van der Waals surface area contributed by atoms with Crippen LogP contribution >= 0.6 is 0 Å². The van der Waals surface area contributed by atoms with E-state index in [9.17, 15) is 4.79 Å². The first-order valence-corrected chi connectivity index (χ1v) is 6.41. The SMILES string of the molecule is NCc1cn(CC(=O)C2CCCCCC2)nn1. The van der Waals surface area contributed by atoms with Gasteiger partial charge in [0.05, 0.1) is 11.9 Å². The summed E-state index contributed by atoms with van der Waals surface area (Å²) in [6.07, 6.45) is 8.74. The van der Waals surface area contributed by atoms with Gasteiger partial charge in [0.1, 0.15) is 6.54 Å². The van der Waals surface area contributed by atoms with Gasteiger partial charge in [-0.15, -0.1) is 5.10 Å². The third-order valence-electron chi connectivity index (χ3n) is 3.42. The van der Waals surface area contributed by atoms with Crippen LogP contribution in [0.1, 0.15) is 44.2 Å². The number of Topliss-reactive ketones (excluding diaryl/α,β-unsaturated/α-hetero) is 1. The smallest absolute Gasteiger partial charge is 0.157 e. The standard InChI is InChI=1S/C12H20N4O/c13-7-11-8-16(15-14-11)9-12(17)10-5-3-1-2-4-6-10/h8,10H,1-7,9,13H2. The maximum absolute atomic E-state index is 12.1. The van der Waals surface area contributed by atoms with Gasteiger partial charge in [-0.25, -0.2) is 4.68 Å². The number of rotatable bonds is 4. The van der Waals surface area contributed by atoms with Crippen LogP contribution in [-0.2, 0) is 17.9 Å². The number of carbonyl (C=O) groups excluding carboxylic acids is 1. The van der Waals surface area contributed by atoms with Crippen molar-refractivity contribution in [2.75, 3.05) is 0 Å². The third kappa shape index (κ3) is 3.36. The Balaban J connectivity index is 1.90. The fourth-order valence-corrected chi connectivity index (χ4v) is 2.40. The van der Waals surface area contributed by atoms with Gasteiger partial charge in [-0.05, 0) is 12.8 Å². The molecule has 0 amide bonds. The molecular weight excluding hydrogens is 216 g/mol. The van der Waals surface area contributed by atoms with Crippen LogP contribution in [0.5, 0.6) is 0 Å². The zero-order chi connectivity index (χ0) is 12.1. The molecule has 2 rings (SSSR count). The number of carbonyl (C=O) groups is 1. The van der Waals surface area contributed by atoms with Gasteiger partial charge in [-0.3, -0.25) is 4.79 Å². The van der Waals surface area contributed by atoms with Gasteiger partial charge in [0.2, 0.25) is 0 Å². The summed E-state index contributed by atoms with van der Waals surface area (Å²) in [5, 5.41) is 7.80. The summed E-state index contributed by atoms with van der Waals surface area (Å²) in [6.45, 7) is 0.718. The molecule has 0 spiro atoms. The molecule has 1 aliphatic carbocycles. The maximum Gasteiger partial charge on any atom is 0.157 e. The zero-order valence-electron chi connectivity index (χ0n) is 10.1. The second-order valence-corrected chi connectivity index (χ2v) is 4.77. The monoisotopic (exact) mass is 236 g/mol. The van der Waals surface area contributed by atoms with Crippen molar-refractivity contribution in [2.45, 2.75) is 51.6 Å².